The van der Waals surface area contributed by atoms with Gasteiger partial charge in [0.15, 0.2) is 0 Å². The van der Waals surface area contributed by atoms with Crippen LogP contribution in [0, 0.1) is 0 Å². The summed E-state index contributed by atoms with van der Waals surface area (Å²) in [5.41, 5.74) is 3.68. The van der Waals surface area contributed by atoms with Crippen LogP contribution < -0.4 is 5.32 Å². The average Bonchev–Trinajstić information content (AvgIpc) is 3.15. The van der Waals surface area contributed by atoms with Crippen molar-refractivity contribution in [3.8, 4) is 11.1 Å². The zero-order valence-corrected chi connectivity index (χ0v) is 21.1. The summed E-state index contributed by atoms with van der Waals surface area (Å²) in [6.45, 7) is 3.05. The molecule has 4 rings (SSSR count). The van der Waals surface area contributed by atoms with Crippen molar-refractivity contribution in [2.24, 2.45) is 0 Å². The van der Waals surface area contributed by atoms with E-state index in [2.05, 4.69) is 33.4 Å². The van der Waals surface area contributed by atoms with E-state index in [1.165, 1.54) is 27.0 Å². The zero-order chi connectivity index (χ0) is 25.3. The molecule has 2 amide bonds. The topological polar surface area (TPSA) is 95.9 Å². The number of likely N-dealkylation sites (N-methyl/N-ethyl adjacent to an activating group) is 1. The third-order valence-electron chi connectivity index (χ3n) is 6.40. The van der Waals surface area contributed by atoms with Gasteiger partial charge in [-0.15, -0.1) is 0 Å². The summed E-state index contributed by atoms with van der Waals surface area (Å²) in [5, 5.41) is 12.1. The Bertz CT molecular complexity index is 1270. The minimum absolute atomic E-state index is 0.0697. The maximum absolute atomic E-state index is 12.9. The van der Waals surface area contributed by atoms with E-state index in [9.17, 15) is 19.5 Å². The minimum atomic E-state index is -1.40. The van der Waals surface area contributed by atoms with E-state index >= 15 is 0 Å². The van der Waals surface area contributed by atoms with Crippen LogP contribution in [0.25, 0.3) is 11.1 Å². The maximum Gasteiger partial charge on any atom is 0.411 e. The maximum atomic E-state index is 12.9. The van der Waals surface area contributed by atoms with Crippen molar-refractivity contribution in [3.63, 3.8) is 0 Å². The Morgan fingerprint density at radius 3 is 2.14 bits per heavy atom. The van der Waals surface area contributed by atoms with Gasteiger partial charge in [-0.05, 0) is 54.3 Å². The number of fused-ring (bicyclic) bond motifs is 3. The number of ether oxygens (including phenoxy) is 1. The number of carboxylic acid groups (broad SMARTS) is 1. The summed E-state index contributed by atoms with van der Waals surface area (Å²) >= 11 is 3.35. The molecule has 3 aromatic rings. The Balaban J connectivity index is 1.47. The summed E-state index contributed by atoms with van der Waals surface area (Å²) in [4.78, 5) is 38.2. The van der Waals surface area contributed by atoms with Crippen molar-refractivity contribution in [2.75, 3.05) is 19.0 Å². The molecule has 35 heavy (non-hydrogen) atoms. The Morgan fingerprint density at radius 1 is 1.00 bits per heavy atom. The number of benzene rings is 3. The number of carboxylic acids is 1. The van der Waals surface area contributed by atoms with E-state index in [-0.39, 0.29) is 18.1 Å². The Morgan fingerprint density at radius 2 is 1.57 bits per heavy atom. The van der Waals surface area contributed by atoms with E-state index < -0.39 is 23.5 Å². The van der Waals surface area contributed by atoms with Crippen LogP contribution in [-0.4, -0.2) is 47.2 Å². The number of hydrogen-bond acceptors (Lipinski definition) is 4. The highest BCUT2D eigenvalue weighted by molar-refractivity contribution is 9.10. The van der Waals surface area contributed by atoms with Crippen molar-refractivity contribution in [2.45, 2.75) is 25.3 Å². The predicted molar refractivity (Wildman–Crippen MR) is 137 cm³/mol. The molecule has 0 saturated carbocycles. The highest BCUT2D eigenvalue weighted by atomic mass is 79.9. The lowest BCUT2D eigenvalue weighted by Gasteiger charge is -2.31. The van der Waals surface area contributed by atoms with Crippen LogP contribution >= 0.6 is 15.9 Å². The first-order valence-electron chi connectivity index (χ1n) is 11.0. The number of aliphatic carboxylic acids is 1. The molecule has 3 aromatic carbocycles. The summed E-state index contributed by atoms with van der Waals surface area (Å²) in [6.07, 6.45) is -0.650. The van der Waals surface area contributed by atoms with Gasteiger partial charge in [0, 0.05) is 28.7 Å². The third kappa shape index (κ3) is 4.79. The zero-order valence-electron chi connectivity index (χ0n) is 19.5. The molecule has 0 saturated heterocycles. The van der Waals surface area contributed by atoms with Crippen molar-refractivity contribution < 1.29 is 24.2 Å². The molecule has 0 bridgehead atoms. The normalized spacial score (nSPS) is 12.5. The number of anilines is 1. The molecule has 0 radical (unpaired) electrons. The number of nitrogens with zero attached hydrogens (tertiary/aromatic N) is 1. The van der Waals surface area contributed by atoms with E-state index in [1.807, 2.05) is 36.4 Å². The first-order chi connectivity index (χ1) is 16.6. The fraction of sp³-hybridized carbons (Fsp3) is 0.222. The number of carbonyl (C=O) groups is 3. The molecule has 0 spiro atoms. The van der Waals surface area contributed by atoms with Gasteiger partial charge >= 0.3 is 12.1 Å². The smallest absolute Gasteiger partial charge is 0.411 e. The summed E-state index contributed by atoms with van der Waals surface area (Å²) in [5.74, 6) is -1.69. The molecule has 0 aliphatic heterocycles. The van der Waals surface area contributed by atoms with Gasteiger partial charge in [-0.3, -0.25) is 10.1 Å². The molecule has 0 unspecified atom stereocenters. The minimum Gasteiger partial charge on any atom is -0.480 e. The Kier molecular flexibility index (Phi) is 6.67. The van der Waals surface area contributed by atoms with Crippen molar-refractivity contribution in [3.05, 3.63) is 87.9 Å². The molecular weight excluding hydrogens is 512 g/mol. The van der Waals surface area contributed by atoms with E-state index in [1.54, 1.807) is 12.1 Å². The molecule has 8 heteroatoms. The van der Waals surface area contributed by atoms with Gasteiger partial charge in [-0.1, -0.05) is 64.5 Å². The average molecular weight is 537 g/mol. The molecule has 0 fully saturated rings. The number of amides is 2. The lowest BCUT2D eigenvalue weighted by molar-refractivity contribution is -0.147. The number of carbonyl (C=O) groups excluding carboxylic acids is 2. The van der Waals surface area contributed by atoms with E-state index in [0.29, 0.717) is 10.2 Å². The second-order valence-electron chi connectivity index (χ2n) is 8.91. The second-order valence-corrected chi connectivity index (χ2v) is 9.82. The molecular formula is C27H25BrN2O5. The van der Waals surface area contributed by atoms with Gasteiger partial charge in [0.25, 0.3) is 5.91 Å². The van der Waals surface area contributed by atoms with Gasteiger partial charge < -0.3 is 14.7 Å². The quantitative estimate of drug-likeness (QED) is 0.418. The van der Waals surface area contributed by atoms with Crippen LogP contribution in [-0.2, 0) is 9.53 Å². The third-order valence-corrected chi connectivity index (χ3v) is 6.86. The second kappa shape index (κ2) is 9.54. The molecule has 0 heterocycles. The molecule has 7 nitrogen and oxygen atoms in total. The van der Waals surface area contributed by atoms with Crippen LogP contribution in [0.1, 0.15) is 41.3 Å². The first kappa shape index (κ1) is 24.5. The van der Waals surface area contributed by atoms with Crippen LogP contribution in [0.3, 0.4) is 0 Å². The molecule has 1 aliphatic carbocycles. The number of nitrogens with one attached hydrogen (secondary N) is 1. The number of halogens is 1. The standard InChI is InChI=1S/C27H25BrN2O5/c1-27(2,25(32)33)30(3)24(31)16-12-17(28)14-18(13-16)29-26(34)35-15-23-21-10-6-4-8-19(21)20-9-5-7-11-22(20)23/h4-14,23H,15H2,1-3H3,(H,29,34)(H,32,33). The highest BCUT2D eigenvalue weighted by Crippen LogP contribution is 2.44. The van der Waals surface area contributed by atoms with E-state index in [0.717, 1.165) is 27.2 Å². The van der Waals surface area contributed by atoms with Crippen LogP contribution in [0.15, 0.2) is 71.2 Å². The molecule has 180 valence electrons. The van der Waals surface area contributed by atoms with E-state index in [4.69, 9.17) is 4.74 Å². The highest BCUT2D eigenvalue weighted by Gasteiger charge is 2.36. The Labute approximate surface area is 211 Å². The fourth-order valence-electron chi connectivity index (χ4n) is 4.13. The Hall–Kier alpha value is -3.65. The summed E-state index contributed by atoms with van der Waals surface area (Å²) in [6, 6.07) is 20.8. The largest absolute Gasteiger partial charge is 0.480 e. The van der Waals surface area contributed by atoms with Gasteiger partial charge in [0.1, 0.15) is 12.1 Å². The predicted octanol–water partition coefficient (Wildman–Crippen LogP) is 5.75. The molecule has 0 atom stereocenters. The fourth-order valence-corrected chi connectivity index (χ4v) is 4.62. The lowest BCUT2D eigenvalue weighted by Crippen LogP contribution is -2.50. The first-order valence-corrected chi connectivity index (χ1v) is 11.8. The summed E-state index contributed by atoms with van der Waals surface area (Å²) < 4.78 is 6.13. The van der Waals surface area contributed by atoms with Gasteiger partial charge in [-0.25, -0.2) is 9.59 Å². The number of hydrogen-bond donors (Lipinski definition) is 2. The molecule has 1 aliphatic rings. The van der Waals surface area contributed by atoms with Gasteiger partial charge in [0.2, 0.25) is 0 Å². The SMILES string of the molecule is CN(C(=O)c1cc(Br)cc(NC(=O)OCC2c3ccccc3-c3ccccc32)c1)C(C)(C)C(=O)O. The molecule has 2 N–H and O–H groups in total. The summed E-state index contributed by atoms with van der Waals surface area (Å²) in [7, 11) is 1.43. The van der Waals surface area contributed by atoms with Gasteiger partial charge in [0.05, 0.1) is 0 Å². The van der Waals surface area contributed by atoms with Crippen molar-refractivity contribution >= 4 is 39.6 Å². The van der Waals surface area contributed by atoms with Gasteiger partial charge in [-0.2, -0.15) is 0 Å². The molecule has 0 aromatic heterocycles. The van der Waals surface area contributed by atoms with Crippen molar-refractivity contribution in [1.82, 2.24) is 4.90 Å². The van der Waals surface area contributed by atoms with Crippen LogP contribution in [0.4, 0.5) is 10.5 Å². The van der Waals surface area contributed by atoms with Crippen LogP contribution in [0.2, 0.25) is 0 Å². The lowest BCUT2D eigenvalue weighted by atomic mass is 9.98. The van der Waals surface area contributed by atoms with Crippen LogP contribution in [0.5, 0.6) is 0 Å². The monoisotopic (exact) mass is 536 g/mol. The van der Waals surface area contributed by atoms with Crippen molar-refractivity contribution in [1.29, 1.82) is 0 Å². The number of rotatable bonds is 6.